The molecule has 1 heterocycles. The van der Waals surface area contributed by atoms with Crippen LogP contribution in [-0.2, 0) is 12.8 Å². The lowest BCUT2D eigenvalue weighted by Crippen LogP contribution is -2.43. The normalized spacial score (nSPS) is 10.4. The second-order valence-electron chi connectivity index (χ2n) is 6.11. The molecule has 0 saturated carbocycles. The fourth-order valence-corrected chi connectivity index (χ4v) is 3.30. The number of benzene rings is 2. The predicted octanol–water partition coefficient (Wildman–Crippen LogP) is 3.05. The maximum absolute atomic E-state index is 12.3. The van der Waals surface area contributed by atoms with Crippen molar-refractivity contribution in [1.29, 1.82) is 0 Å². The first kappa shape index (κ1) is 19.8. The summed E-state index contributed by atoms with van der Waals surface area (Å²) in [6, 6.07) is 15.2. The number of nitrogens with zero attached hydrogens (tertiary/aromatic N) is 3. The number of thioether (sulfide) groups is 1. The smallest absolute Gasteiger partial charge is 0.269 e. The highest BCUT2D eigenvalue weighted by atomic mass is 32.2. The van der Waals surface area contributed by atoms with E-state index in [-0.39, 0.29) is 5.91 Å². The van der Waals surface area contributed by atoms with E-state index in [2.05, 4.69) is 26.4 Å². The minimum Gasteiger partial charge on any atom is -0.331 e. The van der Waals surface area contributed by atoms with Crippen LogP contribution in [0.5, 0.6) is 0 Å². The Morgan fingerprint density at radius 3 is 2.46 bits per heavy atom. The Labute approximate surface area is 172 Å². The van der Waals surface area contributed by atoms with E-state index in [1.807, 2.05) is 54.9 Å². The van der Waals surface area contributed by atoms with Gasteiger partial charge in [-0.2, -0.15) is 0 Å². The summed E-state index contributed by atoms with van der Waals surface area (Å²) in [5.74, 6) is 0.484. The molecule has 3 aromatic rings. The van der Waals surface area contributed by atoms with E-state index in [1.54, 1.807) is 30.2 Å². The third-order valence-corrected chi connectivity index (χ3v) is 5.16. The van der Waals surface area contributed by atoms with Gasteiger partial charge in [-0.1, -0.05) is 41.6 Å². The van der Waals surface area contributed by atoms with E-state index < -0.39 is 0 Å². The van der Waals surface area contributed by atoms with Gasteiger partial charge in [0.05, 0.1) is 0 Å². The summed E-state index contributed by atoms with van der Waals surface area (Å²) in [4.78, 5) is 12.3. The summed E-state index contributed by atoms with van der Waals surface area (Å²) in [5, 5.41) is 12.1. The Morgan fingerprint density at radius 1 is 1.11 bits per heavy atom. The average molecular weight is 413 g/mol. The van der Waals surface area contributed by atoms with Gasteiger partial charge in [-0.25, -0.2) is 0 Å². The molecule has 0 aliphatic carbocycles. The van der Waals surface area contributed by atoms with E-state index in [4.69, 9.17) is 12.2 Å². The summed E-state index contributed by atoms with van der Waals surface area (Å²) in [6.45, 7) is 2.01. The number of anilines is 1. The molecule has 9 heteroatoms. The monoisotopic (exact) mass is 412 g/mol. The summed E-state index contributed by atoms with van der Waals surface area (Å²) < 4.78 is 1.87. The molecule has 28 heavy (non-hydrogen) atoms. The maximum atomic E-state index is 12.3. The molecule has 0 saturated heterocycles. The van der Waals surface area contributed by atoms with E-state index in [0.29, 0.717) is 10.7 Å². The van der Waals surface area contributed by atoms with Crippen LogP contribution in [0.1, 0.15) is 21.5 Å². The number of rotatable bonds is 5. The van der Waals surface area contributed by atoms with Gasteiger partial charge >= 0.3 is 0 Å². The SMILES string of the molecule is Cc1ccc(NC(=S)NNC(=O)c2ccc(CSc3nncn3C)cc2)cc1. The molecule has 0 fully saturated rings. The first-order chi connectivity index (χ1) is 13.5. The van der Waals surface area contributed by atoms with Gasteiger partial charge < -0.3 is 9.88 Å². The van der Waals surface area contributed by atoms with Crippen LogP contribution in [0.15, 0.2) is 60.0 Å². The second-order valence-corrected chi connectivity index (χ2v) is 7.46. The van der Waals surface area contributed by atoms with E-state index in [1.165, 1.54) is 0 Å². The molecular formula is C19H20N6OS2. The summed E-state index contributed by atoms with van der Waals surface area (Å²) in [7, 11) is 1.90. The average Bonchev–Trinajstić information content (AvgIpc) is 3.11. The molecule has 0 atom stereocenters. The van der Waals surface area contributed by atoms with E-state index in [9.17, 15) is 4.79 Å². The van der Waals surface area contributed by atoms with E-state index >= 15 is 0 Å². The Kier molecular flexibility index (Phi) is 6.62. The Morgan fingerprint density at radius 2 is 1.82 bits per heavy atom. The fraction of sp³-hybridized carbons (Fsp3) is 0.158. The van der Waals surface area contributed by atoms with Gasteiger partial charge in [-0.15, -0.1) is 10.2 Å². The van der Waals surface area contributed by atoms with Crippen molar-refractivity contribution in [1.82, 2.24) is 25.6 Å². The number of amides is 1. The van der Waals surface area contributed by atoms with Crippen LogP contribution < -0.4 is 16.2 Å². The van der Waals surface area contributed by atoms with Crippen molar-refractivity contribution in [3.8, 4) is 0 Å². The Hall–Kier alpha value is -2.91. The number of hydrazine groups is 1. The molecule has 7 nitrogen and oxygen atoms in total. The number of aromatic nitrogens is 3. The molecular weight excluding hydrogens is 392 g/mol. The minimum absolute atomic E-state index is 0.263. The van der Waals surface area contributed by atoms with Crippen LogP contribution in [0.4, 0.5) is 5.69 Å². The van der Waals surface area contributed by atoms with Crippen molar-refractivity contribution in [3.05, 3.63) is 71.5 Å². The van der Waals surface area contributed by atoms with Gasteiger partial charge in [0.1, 0.15) is 6.33 Å². The molecule has 0 spiro atoms. The minimum atomic E-state index is -0.263. The van der Waals surface area contributed by atoms with Crippen molar-refractivity contribution in [2.24, 2.45) is 7.05 Å². The van der Waals surface area contributed by atoms with Gasteiger partial charge in [0.2, 0.25) is 0 Å². The van der Waals surface area contributed by atoms with Crippen LogP contribution in [0.3, 0.4) is 0 Å². The highest BCUT2D eigenvalue weighted by Crippen LogP contribution is 2.20. The first-order valence-corrected chi connectivity index (χ1v) is 9.90. The van der Waals surface area contributed by atoms with Crippen LogP contribution in [-0.4, -0.2) is 25.8 Å². The van der Waals surface area contributed by atoms with Crippen molar-refractivity contribution >= 4 is 40.7 Å². The molecule has 1 amide bonds. The molecule has 2 aromatic carbocycles. The van der Waals surface area contributed by atoms with Crippen LogP contribution >= 0.6 is 24.0 Å². The zero-order chi connectivity index (χ0) is 19.9. The zero-order valence-corrected chi connectivity index (χ0v) is 17.1. The van der Waals surface area contributed by atoms with Crippen LogP contribution in [0.2, 0.25) is 0 Å². The number of carbonyl (C=O) groups is 1. The van der Waals surface area contributed by atoms with E-state index in [0.717, 1.165) is 27.7 Å². The molecule has 0 unspecified atom stereocenters. The highest BCUT2D eigenvalue weighted by molar-refractivity contribution is 7.98. The topological polar surface area (TPSA) is 83.9 Å². The molecule has 1 aromatic heterocycles. The maximum Gasteiger partial charge on any atom is 0.269 e. The molecule has 144 valence electrons. The third kappa shape index (κ3) is 5.54. The Bertz CT molecular complexity index is 953. The summed E-state index contributed by atoms with van der Waals surface area (Å²) in [6.07, 6.45) is 1.67. The highest BCUT2D eigenvalue weighted by Gasteiger charge is 2.07. The third-order valence-electron chi connectivity index (χ3n) is 3.85. The lowest BCUT2D eigenvalue weighted by Gasteiger charge is -2.12. The quantitative estimate of drug-likeness (QED) is 0.337. The van der Waals surface area contributed by atoms with Crippen LogP contribution in [0.25, 0.3) is 0 Å². The first-order valence-electron chi connectivity index (χ1n) is 8.51. The largest absolute Gasteiger partial charge is 0.331 e. The van der Waals surface area contributed by atoms with Crippen LogP contribution in [0, 0.1) is 6.92 Å². The molecule has 0 radical (unpaired) electrons. The van der Waals surface area contributed by atoms with Gasteiger partial charge in [0.25, 0.3) is 5.91 Å². The van der Waals surface area contributed by atoms with Crippen molar-refractivity contribution in [2.45, 2.75) is 17.8 Å². The summed E-state index contributed by atoms with van der Waals surface area (Å²) >= 11 is 6.78. The fourth-order valence-electron chi connectivity index (χ4n) is 2.29. The number of hydrogen-bond acceptors (Lipinski definition) is 5. The lowest BCUT2D eigenvalue weighted by molar-refractivity contribution is 0.0944. The molecule has 3 rings (SSSR count). The predicted molar refractivity (Wildman–Crippen MR) is 115 cm³/mol. The number of carbonyl (C=O) groups excluding carboxylic acids is 1. The number of thiocarbonyl (C=S) groups is 1. The molecule has 0 bridgehead atoms. The van der Waals surface area contributed by atoms with Gasteiger partial charge in [0.15, 0.2) is 10.3 Å². The number of nitrogens with one attached hydrogen (secondary N) is 3. The molecule has 0 aliphatic rings. The van der Waals surface area contributed by atoms with Crippen molar-refractivity contribution < 1.29 is 4.79 Å². The van der Waals surface area contributed by atoms with Gasteiger partial charge in [0, 0.05) is 24.1 Å². The number of hydrogen-bond donors (Lipinski definition) is 3. The van der Waals surface area contributed by atoms with Gasteiger partial charge in [-0.3, -0.25) is 15.6 Å². The Balaban J connectivity index is 1.46. The van der Waals surface area contributed by atoms with Crippen molar-refractivity contribution in [3.63, 3.8) is 0 Å². The van der Waals surface area contributed by atoms with Crippen molar-refractivity contribution in [2.75, 3.05) is 5.32 Å². The molecule has 3 N–H and O–H groups in total. The molecule has 0 aliphatic heterocycles. The number of aryl methyl sites for hydroxylation is 2. The lowest BCUT2D eigenvalue weighted by atomic mass is 10.1. The summed E-state index contributed by atoms with van der Waals surface area (Å²) in [5.41, 5.74) is 8.94. The standard InChI is InChI=1S/C19H20N6OS2/c1-13-3-9-16(10-4-13)21-18(27)23-22-17(26)15-7-5-14(6-8-15)11-28-19-24-20-12-25(19)2/h3-10,12H,11H2,1-2H3,(H,22,26)(H2,21,23,27). The van der Waals surface area contributed by atoms with Gasteiger partial charge in [-0.05, 0) is 49.0 Å². The zero-order valence-electron chi connectivity index (χ0n) is 15.5. The second kappa shape index (κ2) is 9.34.